The smallest absolute Gasteiger partial charge is 0.259 e. The molecule has 1 fully saturated rings. The van der Waals surface area contributed by atoms with E-state index in [1.807, 2.05) is 18.2 Å². The Morgan fingerprint density at radius 3 is 2.68 bits per heavy atom. The molecule has 2 aromatic rings. The Morgan fingerprint density at radius 1 is 1.29 bits per heavy atom. The third kappa shape index (κ3) is 2.57. The van der Waals surface area contributed by atoms with Gasteiger partial charge in [0, 0.05) is 50.6 Å². The standard InChI is InChI=1S/C21H23N3O4/c1-23-12-16(21(28-3)7-4-6-18(27-2)17(21)13-25)14-10-19(24-8-5-9-24)22-11-15(14)20(23)26/h4,6-7,10-13,17H,5,8-9H2,1-3H3. The van der Waals surface area contributed by atoms with Gasteiger partial charge < -0.3 is 23.7 Å². The van der Waals surface area contributed by atoms with Gasteiger partial charge in [-0.2, -0.15) is 0 Å². The highest BCUT2D eigenvalue weighted by atomic mass is 16.5. The molecule has 28 heavy (non-hydrogen) atoms. The highest BCUT2D eigenvalue weighted by Gasteiger charge is 2.44. The van der Waals surface area contributed by atoms with E-state index in [1.165, 1.54) is 11.7 Å². The van der Waals surface area contributed by atoms with Crippen LogP contribution in [0, 0.1) is 5.92 Å². The lowest BCUT2D eigenvalue weighted by Gasteiger charge is -2.38. The van der Waals surface area contributed by atoms with E-state index in [4.69, 9.17) is 9.47 Å². The van der Waals surface area contributed by atoms with Crippen LogP contribution >= 0.6 is 0 Å². The number of fused-ring (bicyclic) bond motifs is 1. The van der Waals surface area contributed by atoms with E-state index in [2.05, 4.69) is 9.88 Å². The lowest BCUT2D eigenvalue weighted by Crippen LogP contribution is -2.41. The fraction of sp³-hybridized carbons (Fsp3) is 0.381. The molecule has 2 atom stereocenters. The van der Waals surface area contributed by atoms with Crippen molar-refractivity contribution in [2.75, 3.05) is 32.2 Å². The molecule has 0 amide bonds. The first kappa shape index (κ1) is 18.4. The normalized spacial score (nSPS) is 24.0. The summed E-state index contributed by atoms with van der Waals surface area (Å²) in [5.74, 6) is 0.664. The highest BCUT2D eigenvalue weighted by Crippen LogP contribution is 2.43. The lowest BCUT2D eigenvalue weighted by atomic mass is 9.77. The Kier molecular flexibility index (Phi) is 4.55. The first-order valence-corrected chi connectivity index (χ1v) is 9.24. The summed E-state index contributed by atoms with van der Waals surface area (Å²) in [5, 5.41) is 1.22. The minimum absolute atomic E-state index is 0.141. The molecule has 146 valence electrons. The predicted molar refractivity (Wildman–Crippen MR) is 106 cm³/mol. The third-order valence-electron chi connectivity index (χ3n) is 5.74. The first-order chi connectivity index (χ1) is 13.6. The Balaban J connectivity index is 2.01. The van der Waals surface area contributed by atoms with Crippen LogP contribution in [0.2, 0.25) is 0 Å². The first-order valence-electron chi connectivity index (χ1n) is 9.24. The monoisotopic (exact) mass is 381 g/mol. The van der Waals surface area contributed by atoms with Gasteiger partial charge in [0.25, 0.3) is 5.56 Å². The van der Waals surface area contributed by atoms with Crippen LogP contribution in [0.5, 0.6) is 0 Å². The molecule has 0 bridgehead atoms. The molecule has 7 heteroatoms. The van der Waals surface area contributed by atoms with Crippen molar-refractivity contribution in [2.45, 2.75) is 12.0 Å². The maximum atomic E-state index is 12.7. The number of aryl methyl sites for hydroxylation is 1. The molecule has 3 heterocycles. The van der Waals surface area contributed by atoms with Gasteiger partial charge in [0.1, 0.15) is 29.4 Å². The van der Waals surface area contributed by atoms with Gasteiger partial charge in [-0.3, -0.25) is 4.79 Å². The number of pyridine rings is 2. The number of ether oxygens (including phenoxy) is 2. The van der Waals surface area contributed by atoms with Crippen LogP contribution in [0.3, 0.4) is 0 Å². The van der Waals surface area contributed by atoms with Crippen LogP contribution in [-0.4, -0.2) is 43.1 Å². The second-order valence-corrected chi connectivity index (χ2v) is 7.13. The van der Waals surface area contributed by atoms with Gasteiger partial charge in [-0.1, -0.05) is 6.08 Å². The third-order valence-corrected chi connectivity index (χ3v) is 5.74. The van der Waals surface area contributed by atoms with Crippen molar-refractivity contribution in [3.63, 3.8) is 0 Å². The van der Waals surface area contributed by atoms with Crippen molar-refractivity contribution in [1.29, 1.82) is 0 Å². The molecule has 0 N–H and O–H groups in total. The summed E-state index contributed by atoms with van der Waals surface area (Å²) >= 11 is 0. The fourth-order valence-electron chi connectivity index (χ4n) is 4.01. The van der Waals surface area contributed by atoms with Gasteiger partial charge in [0.2, 0.25) is 0 Å². The largest absolute Gasteiger partial charge is 0.500 e. The number of hydrogen-bond donors (Lipinski definition) is 0. The van der Waals surface area contributed by atoms with Crippen molar-refractivity contribution < 1.29 is 14.3 Å². The van der Waals surface area contributed by atoms with E-state index in [9.17, 15) is 9.59 Å². The van der Waals surface area contributed by atoms with Gasteiger partial charge in [-0.15, -0.1) is 0 Å². The van der Waals surface area contributed by atoms with Crippen LogP contribution in [0.15, 0.2) is 47.2 Å². The van der Waals surface area contributed by atoms with Gasteiger partial charge >= 0.3 is 0 Å². The zero-order valence-electron chi connectivity index (χ0n) is 16.2. The molecular formula is C21H23N3O4. The number of carbonyl (C=O) groups excluding carboxylic acids is 1. The summed E-state index contributed by atoms with van der Waals surface area (Å²) in [6.07, 6.45) is 10.7. The van der Waals surface area contributed by atoms with Gasteiger partial charge in [-0.05, 0) is 24.6 Å². The van der Waals surface area contributed by atoms with E-state index in [1.54, 1.807) is 32.6 Å². The zero-order chi connectivity index (χ0) is 19.9. The van der Waals surface area contributed by atoms with Crippen LogP contribution < -0.4 is 10.5 Å². The summed E-state index contributed by atoms with van der Waals surface area (Å²) in [5.41, 5.74) is -0.496. The summed E-state index contributed by atoms with van der Waals surface area (Å²) in [4.78, 5) is 31.5. The van der Waals surface area contributed by atoms with Crippen molar-refractivity contribution in [3.05, 3.63) is 58.4 Å². The Labute approximate surface area is 162 Å². The number of aromatic nitrogens is 2. The van der Waals surface area contributed by atoms with E-state index < -0.39 is 11.5 Å². The number of aldehydes is 1. The Morgan fingerprint density at radius 2 is 2.07 bits per heavy atom. The number of nitrogens with zero attached hydrogens (tertiary/aromatic N) is 3. The van der Waals surface area contributed by atoms with Crippen LogP contribution in [-0.2, 0) is 26.9 Å². The molecule has 7 nitrogen and oxygen atoms in total. The van der Waals surface area contributed by atoms with Gasteiger partial charge in [0.15, 0.2) is 0 Å². The number of carbonyl (C=O) groups is 1. The number of anilines is 1. The van der Waals surface area contributed by atoms with E-state index >= 15 is 0 Å². The number of hydrogen-bond acceptors (Lipinski definition) is 6. The van der Waals surface area contributed by atoms with E-state index in [0.29, 0.717) is 11.1 Å². The maximum absolute atomic E-state index is 12.7. The second kappa shape index (κ2) is 6.91. The molecule has 2 unspecified atom stereocenters. The Bertz CT molecular complexity index is 1050. The van der Waals surface area contributed by atoms with Crippen LogP contribution in [0.4, 0.5) is 5.82 Å². The average Bonchev–Trinajstić information content (AvgIpc) is 2.68. The number of methoxy groups -OCH3 is 2. The maximum Gasteiger partial charge on any atom is 0.259 e. The molecule has 2 aliphatic rings. The van der Waals surface area contributed by atoms with Crippen LogP contribution in [0.1, 0.15) is 12.0 Å². The van der Waals surface area contributed by atoms with Crippen molar-refractivity contribution >= 4 is 22.9 Å². The Hall–Kier alpha value is -2.93. The molecule has 0 saturated carbocycles. The molecule has 2 aromatic heterocycles. The lowest BCUT2D eigenvalue weighted by molar-refractivity contribution is -0.120. The minimum Gasteiger partial charge on any atom is -0.500 e. The SMILES string of the molecule is COC1=CC=CC(OC)(c2cn(C)c(=O)c3cnc(N4CCC4)cc23)C1C=O. The molecular weight excluding hydrogens is 358 g/mol. The summed E-state index contributed by atoms with van der Waals surface area (Å²) in [6.45, 7) is 1.89. The molecule has 0 spiro atoms. The number of rotatable bonds is 5. The predicted octanol–water partition coefficient (Wildman–Crippen LogP) is 1.90. The second-order valence-electron chi connectivity index (χ2n) is 7.13. The highest BCUT2D eigenvalue weighted by molar-refractivity contribution is 5.88. The van der Waals surface area contributed by atoms with Crippen molar-refractivity contribution in [3.8, 4) is 0 Å². The fourth-order valence-corrected chi connectivity index (χ4v) is 4.01. The molecule has 0 aromatic carbocycles. The van der Waals surface area contributed by atoms with E-state index in [-0.39, 0.29) is 5.56 Å². The summed E-state index contributed by atoms with van der Waals surface area (Å²) in [6, 6.07) is 1.92. The topological polar surface area (TPSA) is 73.7 Å². The van der Waals surface area contributed by atoms with Gasteiger partial charge in [0.05, 0.1) is 12.5 Å². The van der Waals surface area contributed by atoms with Crippen LogP contribution in [0.25, 0.3) is 10.8 Å². The molecule has 1 aliphatic carbocycles. The molecule has 0 radical (unpaired) electrons. The molecule has 4 rings (SSSR count). The molecule has 1 saturated heterocycles. The minimum atomic E-state index is -1.08. The zero-order valence-corrected chi connectivity index (χ0v) is 16.2. The van der Waals surface area contributed by atoms with Gasteiger partial charge in [-0.25, -0.2) is 4.98 Å². The van der Waals surface area contributed by atoms with Crippen molar-refractivity contribution in [2.24, 2.45) is 13.0 Å². The number of allylic oxidation sites excluding steroid dienone is 2. The van der Waals surface area contributed by atoms with Crippen molar-refractivity contribution in [1.82, 2.24) is 9.55 Å². The molecule has 1 aliphatic heterocycles. The van der Waals surface area contributed by atoms with E-state index in [0.717, 1.165) is 42.6 Å². The average molecular weight is 381 g/mol. The summed E-state index contributed by atoms with van der Waals surface area (Å²) in [7, 11) is 4.79. The summed E-state index contributed by atoms with van der Waals surface area (Å²) < 4.78 is 12.9. The quantitative estimate of drug-likeness (QED) is 0.737.